The summed E-state index contributed by atoms with van der Waals surface area (Å²) in [4.78, 5) is 3.87. The SMILES string of the molecule is CC(C)COCCN=C(N)NN. The van der Waals surface area contributed by atoms with Crippen LogP contribution in [0.5, 0.6) is 0 Å². The Morgan fingerprint density at radius 1 is 1.58 bits per heavy atom. The summed E-state index contributed by atoms with van der Waals surface area (Å²) in [7, 11) is 0. The Morgan fingerprint density at radius 2 is 2.25 bits per heavy atom. The fraction of sp³-hybridized carbons (Fsp3) is 0.857. The van der Waals surface area contributed by atoms with Crippen molar-refractivity contribution in [1.29, 1.82) is 0 Å². The van der Waals surface area contributed by atoms with Crippen LogP contribution >= 0.6 is 0 Å². The lowest BCUT2D eigenvalue weighted by atomic mass is 10.2. The molecule has 12 heavy (non-hydrogen) atoms. The Balaban J connectivity index is 3.21. The summed E-state index contributed by atoms with van der Waals surface area (Å²) < 4.78 is 5.26. The van der Waals surface area contributed by atoms with Crippen LogP contribution in [0, 0.1) is 5.92 Å². The van der Waals surface area contributed by atoms with Crippen LogP contribution in [0.2, 0.25) is 0 Å². The first-order valence-electron chi connectivity index (χ1n) is 4.01. The molecule has 5 nitrogen and oxygen atoms in total. The maximum absolute atomic E-state index is 5.27. The molecule has 0 amide bonds. The minimum atomic E-state index is 0.239. The molecule has 0 aromatic heterocycles. The average Bonchev–Trinajstić information content (AvgIpc) is 2.03. The van der Waals surface area contributed by atoms with E-state index < -0.39 is 0 Å². The van der Waals surface area contributed by atoms with Gasteiger partial charge in [0.25, 0.3) is 0 Å². The van der Waals surface area contributed by atoms with Gasteiger partial charge in [0.2, 0.25) is 5.96 Å². The third-order valence-corrected chi connectivity index (χ3v) is 1.12. The predicted octanol–water partition coefficient (Wildman–Crippen LogP) is -0.563. The fourth-order valence-corrected chi connectivity index (χ4v) is 0.595. The van der Waals surface area contributed by atoms with Crippen molar-refractivity contribution in [2.24, 2.45) is 22.5 Å². The maximum Gasteiger partial charge on any atom is 0.203 e. The normalized spacial score (nSPS) is 12.2. The maximum atomic E-state index is 5.27. The largest absolute Gasteiger partial charge is 0.379 e. The summed E-state index contributed by atoms with van der Waals surface area (Å²) in [6, 6.07) is 0. The molecule has 0 fully saturated rings. The third kappa shape index (κ3) is 7.30. The fourth-order valence-electron chi connectivity index (χ4n) is 0.595. The minimum absolute atomic E-state index is 0.239. The predicted molar refractivity (Wildman–Crippen MR) is 49.5 cm³/mol. The van der Waals surface area contributed by atoms with E-state index >= 15 is 0 Å². The topological polar surface area (TPSA) is 85.7 Å². The summed E-state index contributed by atoms with van der Waals surface area (Å²) in [5, 5.41) is 0. The number of hydrogen-bond acceptors (Lipinski definition) is 3. The molecule has 0 radical (unpaired) electrons. The van der Waals surface area contributed by atoms with Crippen molar-refractivity contribution in [3.8, 4) is 0 Å². The van der Waals surface area contributed by atoms with Crippen LogP contribution in [0.25, 0.3) is 0 Å². The Hall–Kier alpha value is -0.810. The van der Waals surface area contributed by atoms with E-state index in [0.717, 1.165) is 6.61 Å². The van der Waals surface area contributed by atoms with Crippen LogP contribution in [0.15, 0.2) is 4.99 Å². The lowest BCUT2D eigenvalue weighted by Crippen LogP contribution is -2.37. The highest BCUT2D eigenvalue weighted by Crippen LogP contribution is 1.91. The minimum Gasteiger partial charge on any atom is -0.379 e. The highest BCUT2D eigenvalue weighted by molar-refractivity contribution is 5.77. The highest BCUT2D eigenvalue weighted by Gasteiger charge is 1.92. The molecule has 0 aromatic carbocycles. The van der Waals surface area contributed by atoms with E-state index in [9.17, 15) is 0 Å². The Bertz CT molecular complexity index is 135. The van der Waals surface area contributed by atoms with Gasteiger partial charge in [-0.1, -0.05) is 13.8 Å². The smallest absolute Gasteiger partial charge is 0.203 e. The third-order valence-electron chi connectivity index (χ3n) is 1.12. The van der Waals surface area contributed by atoms with Crippen molar-refractivity contribution in [3.63, 3.8) is 0 Å². The number of aliphatic imine (C=N–C) groups is 1. The molecule has 0 unspecified atom stereocenters. The molecule has 0 aliphatic heterocycles. The highest BCUT2D eigenvalue weighted by atomic mass is 16.5. The van der Waals surface area contributed by atoms with E-state index in [1.165, 1.54) is 0 Å². The van der Waals surface area contributed by atoms with Gasteiger partial charge >= 0.3 is 0 Å². The molecule has 0 atom stereocenters. The van der Waals surface area contributed by atoms with Gasteiger partial charge in [0.15, 0.2) is 0 Å². The van der Waals surface area contributed by atoms with Crippen LogP contribution in [-0.2, 0) is 4.74 Å². The molecule has 0 saturated heterocycles. The molecule has 0 aromatic rings. The molecule has 5 heteroatoms. The molecule has 0 aliphatic carbocycles. The van der Waals surface area contributed by atoms with Crippen LogP contribution in [-0.4, -0.2) is 25.7 Å². The summed E-state index contributed by atoms with van der Waals surface area (Å²) in [5.41, 5.74) is 7.51. The van der Waals surface area contributed by atoms with Crippen LogP contribution in [0.3, 0.4) is 0 Å². The Labute approximate surface area is 73.1 Å². The van der Waals surface area contributed by atoms with Crippen molar-refractivity contribution in [3.05, 3.63) is 0 Å². The second kappa shape index (κ2) is 6.87. The molecule has 5 N–H and O–H groups in total. The molecule has 0 saturated carbocycles. The van der Waals surface area contributed by atoms with Gasteiger partial charge < -0.3 is 10.5 Å². The van der Waals surface area contributed by atoms with E-state index in [2.05, 4.69) is 24.3 Å². The van der Waals surface area contributed by atoms with E-state index in [4.69, 9.17) is 16.3 Å². The van der Waals surface area contributed by atoms with Crippen LogP contribution < -0.4 is 17.0 Å². The first kappa shape index (κ1) is 11.2. The molecule has 0 spiro atoms. The van der Waals surface area contributed by atoms with Crippen molar-refractivity contribution in [2.75, 3.05) is 19.8 Å². The molecule has 0 rings (SSSR count). The second-order valence-electron chi connectivity index (χ2n) is 2.88. The lowest BCUT2D eigenvalue weighted by Gasteiger charge is -2.04. The number of nitrogens with zero attached hydrogens (tertiary/aromatic N) is 1. The number of guanidine groups is 1. The first-order chi connectivity index (χ1) is 5.66. The van der Waals surface area contributed by atoms with Gasteiger partial charge in [0, 0.05) is 6.61 Å². The zero-order chi connectivity index (χ0) is 9.40. The number of hydrazine groups is 1. The number of nitrogens with two attached hydrogens (primary N) is 2. The van der Waals surface area contributed by atoms with E-state index in [0.29, 0.717) is 19.1 Å². The van der Waals surface area contributed by atoms with Crippen molar-refractivity contribution >= 4 is 5.96 Å². The zero-order valence-electron chi connectivity index (χ0n) is 7.71. The summed E-state index contributed by atoms with van der Waals surface area (Å²) in [5.74, 6) is 5.78. The molecule has 0 heterocycles. The van der Waals surface area contributed by atoms with Gasteiger partial charge in [-0.25, -0.2) is 10.8 Å². The van der Waals surface area contributed by atoms with E-state index in [-0.39, 0.29) is 5.96 Å². The van der Waals surface area contributed by atoms with E-state index in [1.807, 2.05) is 0 Å². The van der Waals surface area contributed by atoms with Gasteiger partial charge in [-0.05, 0) is 5.92 Å². The standard InChI is InChI=1S/C7H18N4O/c1-6(2)5-12-4-3-10-7(8)11-9/h6H,3-5,9H2,1-2H3,(H3,8,10,11). The average molecular weight is 174 g/mol. The van der Waals surface area contributed by atoms with Gasteiger partial charge in [-0.2, -0.15) is 0 Å². The Morgan fingerprint density at radius 3 is 2.75 bits per heavy atom. The summed E-state index contributed by atoms with van der Waals surface area (Å²) in [6.45, 7) is 6.08. The van der Waals surface area contributed by atoms with Gasteiger partial charge in [0.1, 0.15) is 0 Å². The van der Waals surface area contributed by atoms with Crippen molar-refractivity contribution in [2.45, 2.75) is 13.8 Å². The molecule has 72 valence electrons. The van der Waals surface area contributed by atoms with Gasteiger partial charge in [-0.3, -0.25) is 5.43 Å². The summed E-state index contributed by atoms with van der Waals surface area (Å²) >= 11 is 0. The zero-order valence-corrected chi connectivity index (χ0v) is 7.71. The summed E-state index contributed by atoms with van der Waals surface area (Å²) in [6.07, 6.45) is 0. The van der Waals surface area contributed by atoms with Crippen LogP contribution in [0.1, 0.15) is 13.8 Å². The lowest BCUT2D eigenvalue weighted by molar-refractivity contribution is 0.117. The monoisotopic (exact) mass is 174 g/mol. The van der Waals surface area contributed by atoms with Crippen molar-refractivity contribution in [1.82, 2.24) is 5.43 Å². The second-order valence-corrected chi connectivity index (χ2v) is 2.88. The van der Waals surface area contributed by atoms with Gasteiger partial charge in [0.05, 0.1) is 13.2 Å². The molecular formula is C7H18N4O. The van der Waals surface area contributed by atoms with Gasteiger partial charge in [-0.15, -0.1) is 0 Å². The first-order valence-corrected chi connectivity index (χ1v) is 4.01. The molecule has 0 bridgehead atoms. The number of ether oxygens (including phenoxy) is 1. The number of rotatable bonds is 5. The van der Waals surface area contributed by atoms with Crippen molar-refractivity contribution < 1.29 is 4.74 Å². The molecular weight excluding hydrogens is 156 g/mol. The van der Waals surface area contributed by atoms with Crippen LogP contribution in [0.4, 0.5) is 0 Å². The Kier molecular flexibility index (Phi) is 6.41. The quantitative estimate of drug-likeness (QED) is 0.171. The van der Waals surface area contributed by atoms with E-state index in [1.54, 1.807) is 0 Å². The molecule has 0 aliphatic rings. The number of nitrogens with one attached hydrogen (secondary N) is 1. The number of hydrogen-bond donors (Lipinski definition) is 3.